The van der Waals surface area contributed by atoms with Crippen LogP contribution in [0, 0.1) is 0 Å². The molecule has 1 amide bonds. The minimum atomic E-state index is -4.61. The molecule has 0 aromatic carbocycles. The summed E-state index contributed by atoms with van der Waals surface area (Å²) in [6.45, 7) is 4.99. The first-order valence-electron chi connectivity index (χ1n) is 9.42. The fourth-order valence-electron chi connectivity index (χ4n) is 3.06. The van der Waals surface area contributed by atoms with Crippen molar-refractivity contribution in [2.24, 2.45) is 10.7 Å². The molecule has 1 aromatic heterocycles. The number of aliphatic imine (C=N–C) groups is 1. The highest BCUT2D eigenvalue weighted by atomic mass is 19.4. The van der Waals surface area contributed by atoms with E-state index < -0.39 is 11.9 Å². The van der Waals surface area contributed by atoms with E-state index in [2.05, 4.69) is 20.3 Å². The molecule has 1 atom stereocenters. The van der Waals surface area contributed by atoms with E-state index in [9.17, 15) is 18.0 Å². The molecule has 11 heteroatoms. The highest BCUT2D eigenvalue weighted by molar-refractivity contribution is 6.09. The van der Waals surface area contributed by atoms with Crippen LogP contribution in [0.15, 0.2) is 17.3 Å². The summed E-state index contributed by atoms with van der Waals surface area (Å²) in [5, 5.41) is 3.25. The van der Waals surface area contributed by atoms with E-state index in [-0.39, 0.29) is 35.7 Å². The average Bonchev–Trinajstić information content (AvgIpc) is 2.62. The quantitative estimate of drug-likeness (QED) is 0.699. The number of nitrogens with two attached hydrogens (primary N) is 1. The number of halogens is 3. The number of allylic oxidation sites excluding steroid dienone is 1. The Kier molecular flexibility index (Phi) is 6.36. The summed E-state index contributed by atoms with van der Waals surface area (Å²) in [5.74, 6) is -0.134. The molecule has 2 aliphatic heterocycles. The van der Waals surface area contributed by atoms with Gasteiger partial charge in [0.15, 0.2) is 5.69 Å². The second-order valence-corrected chi connectivity index (χ2v) is 7.06. The van der Waals surface area contributed by atoms with Gasteiger partial charge in [-0.05, 0) is 19.4 Å². The summed E-state index contributed by atoms with van der Waals surface area (Å²) < 4.78 is 39.7. The lowest BCUT2D eigenvalue weighted by atomic mass is 10.1. The fourth-order valence-corrected chi connectivity index (χ4v) is 3.06. The van der Waals surface area contributed by atoms with Gasteiger partial charge in [-0.25, -0.2) is 9.97 Å². The maximum atomic E-state index is 13.2. The van der Waals surface area contributed by atoms with E-state index >= 15 is 0 Å². The number of anilines is 1. The van der Waals surface area contributed by atoms with Crippen LogP contribution in [0.5, 0.6) is 0 Å². The zero-order chi connectivity index (χ0) is 21.0. The molecule has 0 radical (unpaired) electrons. The van der Waals surface area contributed by atoms with Gasteiger partial charge in [-0.2, -0.15) is 13.2 Å². The second kappa shape index (κ2) is 8.76. The number of rotatable bonds is 5. The lowest BCUT2D eigenvalue weighted by molar-refractivity contribution is -0.141. The SMILES string of the molecule is CC1CN(C(=O)CN=CC(=CN)c2cc(C(F)(F)F)nc(N3CCC3)n2)CCN1. The van der Waals surface area contributed by atoms with Gasteiger partial charge in [-0.1, -0.05) is 0 Å². The molecule has 3 N–H and O–H groups in total. The van der Waals surface area contributed by atoms with Crippen LogP contribution >= 0.6 is 0 Å². The van der Waals surface area contributed by atoms with E-state index in [0.717, 1.165) is 18.7 Å². The topological polar surface area (TPSA) is 99.7 Å². The first kappa shape index (κ1) is 21.0. The zero-order valence-corrected chi connectivity index (χ0v) is 16.1. The number of alkyl halides is 3. The van der Waals surface area contributed by atoms with Crippen LogP contribution in [-0.4, -0.2) is 72.3 Å². The molecule has 29 heavy (non-hydrogen) atoms. The van der Waals surface area contributed by atoms with Gasteiger partial charge < -0.3 is 20.9 Å². The fraction of sp³-hybridized carbons (Fsp3) is 0.556. The predicted molar refractivity (Wildman–Crippen MR) is 103 cm³/mol. The van der Waals surface area contributed by atoms with Crippen LogP contribution in [0.3, 0.4) is 0 Å². The molecule has 158 valence electrons. The molecular formula is C18H24F3N7O. The van der Waals surface area contributed by atoms with Crippen molar-refractivity contribution in [1.82, 2.24) is 20.2 Å². The molecule has 2 aliphatic rings. The summed E-state index contributed by atoms with van der Waals surface area (Å²) in [4.78, 5) is 27.6. The van der Waals surface area contributed by atoms with Crippen LogP contribution in [0.25, 0.3) is 5.57 Å². The highest BCUT2D eigenvalue weighted by Gasteiger charge is 2.35. The first-order valence-corrected chi connectivity index (χ1v) is 9.42. The number of carbonyl (C=O) groups excluding carboxylic acids is 1. The molecule has 0 bridgehead atoms. The molecule has 1 aromatic rings. The van der Waals surface area contributed by atoms with Gasteiger partial charge in [-0.3, -0.25) is 9.79 Å². The third-order valence-electron chi connectivity index (χ3n) is 4.80. The van der Waals surface area contributed by atoms with E-state index in [1.165, 1.54) is 6.21 Å². The minimum Gasteiger partial charge on any atom is -0.404 e. The predicted octanol–water partition coefficient (Wildman–Crippen LogP) is 0.896. The number of aromatic nitrogens is 2. The molecule has 3 heterocycles. The molecule has 0 spiro atoms. The van der Waals surface area contributed by atoms with E-state index in [1.54, 1.807) is 9.80 Å². The van der Waals surface area contributed by atoms with Gasteiger partial charge in [0.25, 0.3) is 0 Å². The van der Waals surface area contributed by atoms with Crippen LogP contribution in [0.4, 0.5) is 19.1 Å². The Bertz CT molecular complexity index is 805. The van der Waals surface area contributed by atoms with Gasteiger partial charge in [0.05, 0.1) is 5.69 Å². The summed E-state index contributed by atoms with van der Waals surface area (Å²) in [6, 6.07) is 1.05. The highest BCUT2D eigenvalue weighted by Crippen LogP contribution is 2.31. The molecule has 0 aliphatic carbocycles. The van der Waals surface area contributed by atoms with Crippen molar-refractivity contribution >= 4 is 23.6 Å². The summed E-state index contributed by atoms with van der Waals surface area (Å²) in [6.07, 6.45) is -1.32. The lowest BCUT2D eigenvalue weighted by Crippen LogP contribution is -2.51. The van der Waals surface area contributed by atoms with Crippen LogP contribution in [-0.2, 0) is 11.0 Å². The van der Waals surface area contributed by atoms with Crippen molar-refractivity contribution in [1.29, 1.82) is 0 Å². The number of nitrogens with zero attached hydrogens (tertiary/aromatic N) is 5. The van der Waals surface area contributed by atoms with Gasteiger partial charge >= 0.3 is 6.18 Å². The van der Waals surface area contributed by atoms with Gasteiger partial charge in [0.2, 0.25) is 11.9 Å². The van der Waals surface area contributed by atoms with Crippen molar-refractivity contribution in [3.05, 3.63) is 23.7 Å². The molecule has 2 fully saturated rings. The van der Waals surface area contributed by atoms with Crippen molar-refractivity contribution in [2.45, 2.75) is 25.6 Å². The molecule has 3 rings (SSSR count). The Labute approximate surface area is 166 Å². The maximum absolute atomic E-state index is 13.2. The van der Waals surface area contributed by atoms with Gasteiger partial charge in [0.1, 0.15) is 6.54 Å². The monoisotopic (exact) mass is 411 g/mol. The Morgan fingerprint density at radius 1 is 1.38 bits per heavy atom. The average molecular weight is 411 g/mol. The van der Waals surface area contributed by atoms with E-state index in [0.29, 0.717) is 32.7 Å². The first-order chi connectivity index (χ1) is 13.8. The Morgan fingerprint density at radius 3 is 2.72 bits per heavy atom. The standard InChI is InChI=1S/C18H24F3N7O/c1-12-11-28(6-3-24-12)16(29)10-23-9-13(8-22)14-7-15(18(19,20)21)26-17(25-14)27-4-2-5-27/h7-9,12,24H,2-6,10-11,22H2,1H3. The van der Waals surface area contributed by atoms with Crippen molar-refractivity contribution in [2.75, 3.05) is 44.2 Å². The van der Waals surface area contributed by atoms with Crippen molar-refractivity contribution in [3.8, 4) is 0 Å². The minimum absolute atomic E-state index is 0.0136. The number of piperazine rings is 1. The lowest BCUT2D eigenvalue weighted by Gasteiger charge is -2.31. The molecular weight excluding hydrogens is 387 g/mol. The molecule has 2 saturated heterocycles. The number of carbonyl (C=O) groups is 1. The van der Waals surface area contributed by atoms with Crippen molar-refractivity contribution in [3.63, 3.8) is 0 Å². The third-order valence-corrected chi connectivity index (χ3v) is 4.80. The number of hydrogen-bond donors (Lipinski definition) is 2. The number of amides is 1. The van der Waals surface area contributed by atoms with Crippen LogP contribution in [0.2, 0.25) is 0 Å². The number of nitrogens with one attached hydrogen (secondary N) is 1. The van der Waals surface area contributed by atoms with E-state index in [1.807, 2.05) is 6.92 Å². The van der Waals surface area contributed by atoms with E-state index in [4.69, 9.17) is 5.73 Å². The third kappa shape index (κ3) is 5.22. The molecule has 8 nitrogen and oxygen atoms in total. The van der Waals surface area contributed by atoms with Crippen molar-refractivity contribution < 1.29 is 18.0 Å². The second-order valence-electron chi connectivity index (χ2n) is 7.06. The smallest absolute Gasteiger partial charge is 0.404 e. The zero-order valence-electron chi connectivity index (χ0n) is 16.1. The normalized spacial score (nSPS) is 20.8. The molecule has 0 saturated carbocycles. The molecule has 1 unspecified atom stereocenters. The summed E-state index contributed by atoms with van der Waals surface area (Å²) in [7, 11) is 0. The van der Waals surface area contributed by atoms with Crippen LogP contribution in [0.1, 0.15) is 24.7 Å². The van der Waals surface area contributed by atoms with Gasteiger partial charge in [-0.15, -0.1) is 0 Å². The maximum Gasteiger partial charge on any atom is 0.433 e. The van der Waals surface area contributed by atoms with Gasteiger partial charge in [0, 0.05) is 56.8 Å². The summed E-state index contributed by atoms with van der Waals surface area (Å²) >= 11 is 0. The Morgan fingerprint density at radius 2 is 2.14 bits per heavy atom. The Balaban J connectivity index is 1.75. The summed E-state index contributed by atoms with van der Waals surface area (Å²) in [5.41, 5.74) is 4.78. The number of hydrogen-bond acceptors (Lipinski definition) is 7. The Hall–Kier alpha value is -2.69. The largest absolute Gasteiger partial charge is 0.433 e. The van der Waals surface area contributed by atoms with Crippen LogP contribution < -0.4 is 16.0 Å².